The van der Waals surface area contributed by atoms with Gasteiger partial charge in [0.25, 0.3) is 0 Å². The maximum absolute atomic E-state index is 13.5. The quantitative estimate of drug-likeness (QED) is 0.406. The number of rotatable bonds is 4. The molecule has 9 heteroatoms. The summed E-state index contributed by atoms with van der Waals surface area (Å²) in [6.07, 6.45) is 7.29. The van der Waals surface area contributed by atoms with Gasteiger partial charge in [0.2, 0.25) is 0 Å². The van der Waals surface area contributed by atoms with Gasteiger partial charge in [0.15, 0.2) is 0 Å². The molecule has 0 amide bonds. The highest BCUT2D eigenvalue weighted by molar-refractivity contribution is 6.33. The Kier molecular flexibility index (Phi) is 8.20. The van der Waals surface area contributed by atoms with Gasteiger partial charge in [-0.15, -0.1) is 0 Å². The maximum atomic E-state index is 13.5. The topological polar surface area (TPSA) is 105 Å². The predicted molar refractivity (Wildman–Crippen MR) is 134 cm³/mol. The van der Waals surface area contributed by atoms with Crippen molar-refractivity contribution in [1.29, 1.82) is 0 Å². The SMILES string of the molecule is C=O.CC(C)Cn1cc(-c2cc(F)c(N)cc2Cl)cn1.NCC1c2ccccc2-c2cncn21. The number of halogens is 2. The highest BCUT2D eigenvalue weighted by Gasteiger charge is 2.26. The van der Waals surface area contributed by atoms with Crippen molar-refractivity contribution in [3.05, 3.63) is 77.7 Å². The first kappa shape index (κ1) is 25.1. The fraction of sp³-hybridized carbons (Fsp3) is 0.240. The van der Waals surface area contributed by atoms with Crippen LogP contribution >= 0.6 is 11.6 Å². The first-order chi connectivity index (χ1) is 16.4. The number of hydrogen-bond acceptors (Lipinski definition) is 5. The number of benzene rings is 2. The predicted octanol–water partition coefficient (Wildman–Crippen LogP) is 4.81. The van der Waals surface area contributed by atoms with Gasteiger partial charge >= 0.3 is 0 Å². The molecule has 7 nitrogen and oxygen atoms in total. The van der Waals surface area contributed by atoms with Crippen LogP contribution in [-0.2, 0) is 11.3 Å². The van der Waals surface area contributed by atoms with Gasteiger partial charge in [-0.2, -0.15) is 5.10 Å². The van der Waals surface area contributed by atoms with E-state index >= 15 is 0 Å². The third-order valence-corrected chi connectivity index (χ3v) is 5.72. The van der Waals surface area contributed by atoms with Gasteiger partial charge in [0, 0.05) is 36.0 Å². The van der Waals surface area contributed by atoms with Crippen LogP contribution in [0.3, 0.4) is 0 Å². The van der Waals surface area contributed by atoms with Crippen molar-refractivity contribution >= 4 is 24.1 Å². The summed E-state index contributed by atoms with van der Waals surface area (Å²) >= 11 is 6.07. The molecule has 0 fully saturated rings. The molecular weight excluding hydrogens is 455 g/mol. The molecule has 178 valence electrons. The zero-order chi connectivity index (χ0) is 24.8. The minimum Gasteiger partial charge on any atom is -0.396 e. The Morgan fingerprint density at radius 2 is 1.91 bits per heavy atom. The summed E-state index contributed by atoms with van der Waals surface area (Å²) in [4.78, 5) is 12.1. The molecule has 4 N–H and O–H groups in total. The van der Waals surface area contributed by atoms with E-state index in [0.29, 0.717) is 23.0 Å². The van der Waals surface area contributed by atoms with Gasteiger partial charge < -0.3 is 20.8 Å². The molecular formula is C25H28ClFN6O. The number of aromatic nitrogens is 4. The van der Waals surface area contributed by atoms with Gasteiger partial charge in [0.05, 0.1) is 41.2 Å². The number of nitrogens with two attached hydrogens (primary N) is 2. The van der Waals surface area contributed by atoms with Crippen LogP contribution < -0.4 is 11.5 Å². The summed E-state index contributed by atoms with van der Waals surface area (Å²) in [7, 11) is 0. The van der Waals surface area contributed by atoms with E-state index < -0.39 is 5.82 Å². The van der Waals surface area contributed by atoms with E-state index in [1.54, 1.807) is 6.20 Å². The smallest absolute Gasteiger partial charge is 0.146 e. The Balaban J connectivity index is 0.000000182. The molecule has 2 aromatic carbocycles. The summed E-state index contributed by atoms with van der Waals surface area (Å²) in [5.41, 5.74) is 16.4. The third-order valence-electron chi connectivity index (χ3n) is 5.40. The number of nitrogens with zero attached hydrogens (tertiary/aromatic N) is 4. The number of fused-ring (bicyclic) bond motifs is 3. The van der Waals surface area contributed by atoms with E-state index in [9.17, 15) is 4.39 Å². The van der Waals surface area contributed by atoms with Crippen molar-refractivity contribution < 1.29 is 9.18 Å². The highest BCUT2D eigenvalue weighted by atomic mass is 35.5. The molecule has 0 saturated heterocycles. The number of carbonyl (C=O) groups is 1. The number of imidazole rings is 1. The standard InChI is InChI=1S/C13H15ClFN3.C11H11N3.CH2O/c1-8(2)6-18-7-9(5-17-18)10-3-12(15)13(16)4-11(10)14;12-5-10-8-3-1-2-4-9(8)11-6-13-7-14(10)11;1-2/h3-5,7-8H,6,16H2,1-2H3;1-4,6-7,10H,5,12H2;1H2. The maximum Gasteiger partial charge on any atom is 0.146 e. The van der Waals surface area contributed by atoms with Crippen LogP contribution in [0.2, 0.25) is 5.02 Å². The summed E-state index contributed by atoms with van der Waals surface area (Å²) in [5, 5.41) is 4.66. The molecule has 0 bridgehead atoms. The Hall–Kier alpha value is -3.49. The lowest BCUT2D eigenvalue weighted by Crippen LogP contribution is -2.16. The largest absolute Gasteiger partial charge is 0.396 e. The number of anilines is 1. The van der Waals surface area contributed by atoms with Crippen LogP contribution in [0.25, 0.3) is 22.4 Å². The first-order valence-corrected chi connectivity index (χ1v) is 11.1. The fourth-order valence-electron chi connectivity index (χ4n) is 3.93. The Morgan fingerprint density at radius 3 is 2.62 bits per heavy atom. The molecule has 1 unspecified atom stereocenters. The van der Waals surface area contributed by atoms with Gasteiger partial charge in [-0.25, -0.2) is 9.37 Å². The molecule has 0 spiro atoms. The molecule has 1 aliphatic rings. The lowest BCUT2D eigenvalue weighted by Gasteiger charge is -2.10. The average molecular weight is 483 g/mol. The van der Waals surface area contributed by atoms with Gasteiger partial charge in [-0.3, -0.25) is 4.68 Å². The van der Waals surface area contributed by atoms with Crippen molar-refractivity contribution in [2.75, 3.05) is 12.3 Å². The normalized spacial score (nSPS) is 13.4. The van der Waals surface area contributed by atoms with Crippen LogP contribution in [-0.4, -0.2) is 32.7 Å². The van der Waals surface area contributed by atoms with Crippen LogP contribution in [0, 0.1) is 11.7 Å². The molecule has 5 rings (SSSR count). The third kappa shape index (κ3) is 5.18. The van der Waals surface area contributed by atoms with Gasteiger partial charge in [-0.05, 0) is 23.6 Å². The van der Waals surface area contributed by atoms with E-state index in [1.165, 1.54) is 29.0 Å². The molecule has 1 aliphatic heterocycles. The van der Waals surface area contributed by atoms with Crippen molar-refractivity contribution in [2.24, 2.45) is 11.7 Å². The number of hydrogen-bond donors (Lipinski definition) is 2. The van der Waals surface area contributed by atoms with E-state index in [4.69, 9.17) is 27.9 Å². The van der Waals surface area contributed by atoms with Crippen molar-refractivity contribution in [3.8, 4) is 22.4 Å². The lowest BCUT2D eigenvalue weighted by atomic mass is 10.0. The Bertz CT molecular complexity index is 1250. The minimum atomic E-state index is -0.467. The molecule has 2 aromatic heterocycles. The Morgan fingerprint density at radius 1 is 1.18 bits per heavy atom. The first-order valence-electron chi connectivity index (χ1n) is 10.8. The molecule has 0 aliphatic carbocycles. The molecule has 3 heterocycles. The van der Waals surface area contributed by atoms with Crippen LogP contribution in [0.1, 0.15) is 25.5 Å². The summed E-state index contributed by atoms with van der Waals surface area (Å²) in [6, 6.07) is 11.4. The number of nitrogen functional groups attached to an aromatic ring is 1. The lowest BCUT2D eigenvalue weighted by molar-refractivity contribution is -0.0979. The number of carbonyl (C=O) groups excluding carboxylic acids is 1. The summed E-state index contributed by atoms with van der Waals surface area (Å²) in [6.45, 7) is 7.66. The molecule has 0 radical (unpaired) electrons. The van der Waals surface area contributed by atoms with E-state index in [-0.39, 0.29) is 11.7 Å². The van der Waals surface area contributed by atoms with E-state index in [2.05, 4.69) is 52.8 Å². The van der Waals surface area contributed by atoms with Crippen LogP contribution in [0.4, 0.5) is 10.1 Å². The van der Waals surface area contributed by atoms with Crippen LogP contribution in [0.5, 0.6) is 0 Å². The Labute approximate surface area is 203 Å². The van der Waals surface area contributed by atoms with Crippen molar-refractivity contribution in [2.45, 2.75) is 26.4 Å². The zero-order valence-electron chi connectivity index (χ0n) is 19.2. The van der Waals surface area contributed by atoms with Crippen molar-refractivity contribution in [1.82, 2.24) is 19.3 Å². The van der Waals surface area contributed by atoms with Gasteiger partial charge in [-0.1, -0.05) is 49.7 Å². The average Bonchev–Trinajstić information content (AvgIpc) is 3.54. The second-order valence-electron chi connectivity index (χ2n) is 8.22. The fourth-order valence-corrected chi connectivity index (χ4v) is 4.21. The second kappa shape index (κ2) is 11.1. The van der Waals surface area contributed by atoms with Crippen molar-refractivity contribution in [3.63, 3.8) is 0 Å². The summed E-state index contributed by atoms with van der Waals surface area (Å²) in [5.74, 6) is 0.0300. The molecule has 0 saturated carbocycles. The van der Waals surface area contributed by atoms with Crippen LogP contribution in [0.15, 0.2) is 61.3 Å². The molecule has 1 atom stereocenters. The van der Waals surface area contributed by atoms with E-state index in [1.807, 2.05) is 30.2 Å². The molecule has 4 aromatic rings. The summed E-state index contributed by atoms with van der Waals surface area (Å²) < 4.78 is 17.4. The highest BCUT2D eigenvalue weighted by Crippen LogP contribution is 2.38. The zero-order valence-corrected chi connectivity index (χ0v) is 19.9. The second-order valence-corrected chi connectivity index (χ2v) is 8.63. The van der Waals surface area contributed by atoms with E-state index in [0.717, 1.165) is 12.1 Å². The molecule has 34 heavy (non-hydrogen) atoms. The monoisotopic (exact) mass is 482 g/mol. The van der Waals surface area contributed by atoms with Gasteiger partial charge in [0.1, 0.15) is 12.6 Å². The minimum absolute atomic E-state index is 0.0540.